The zero-order valence-corrected chi connectivity index (χ0v) is 22.8. The molecule has 0 saturated carbocycles. The van der Waals surface area contributed by atoms with E-state index >= 15 is 0 Å². The molecular weight excluding hydrogens is 582 g/mol. The molecule has 1 atom stereocenters. The van der Waals surface area contributed by atoms with E-state index in [9.17, 15) is 9.59 Å². The van der Waals surface area contributed by atoms with E-state index < -0.39 is 0 Å². The van der Waals surface area contributed by atoms with Gasteiger partial charge < -0.3 is 15.2 Å². The van der Waals surface area contributed by atoms with Crippen LogP contribution in [0.1, 0.15) is 36.1 Å². The third kappa shape index (κ3) is 6.80. The Bertz CT molecular complexity index is 1170. The highest BCUT2D eigenvalue weighted by molar-refractivity contribution is 9.11. The first-order valence-corrected chi connectivity index (χ1v) is 13.1. The molecule has 2 amide bonds. The first kappa shape index (κ1) is 26.2. The molecule has 2 N–H and O–H groups in total. The summed E-state index contributed by atoms with van der Waals surface area (Å²) in [5, 5.41) is 15.2. The van der Waals surface area contributed by atoms with E-state index in [1.54, 1.807) is 18.2 Å². The number of benzene rings is 2. The van der Waals surface area contributed by atoms with Crippen LogP contribution >= 0.6 is 43.6 Å². The zero-order valence-electron chi connectivity index (χ0n) is 18.8. The second-order valence-corrected chi connectivity index (χ2v) is 10.5. The topological polar surface area (TPSA) is 88.9 Å². The maximum Gasteiger partial charge on any atom is 0.251 e. The van der Waals surface area contributed by atoms with Crippen molar-refractivity contribution in [3.63, 3.8) is 0 Å². The summed E-state index contributed by atoms with van der Waals surface area (Å²) in [4.78, 5) is 25.4. The molecule has 0 aliphatic heterocycles. The average molecular weight is 607 g/mol. The summed E-state index contributed by atoms with van der Waals surface area (Å²) in [6, 6.07) is 14.3. The fraction of sp³-hybridized carbons (Fsp3) is 0.250. The minimum Gasteiger partial charge on any atom is -0.342 e. The molecule has 3 rings (SSSR count). The lowest BCUT2D eigenvalue weighted by molar-refractivity contribution is -0.113. The summed E-state index contributed by atoms with van der Waals surface area (Å²) in [6.07, 6.45) is 1.74. The van der Waals surface area contributed by atoms with Gasteiger partial charge in [-0.2, -0.15) is 0 Å². The SMILES string of the molecule is C=CCn1c(SCC(=O)Nc2cc(Br)ccc2Br)nnc1[C@@H](NC(=O)c1ccccc1)C(C)C. The third-order valence-electron chi connectivity index (χ3n) is 4.86. The van der Waals surface area contributed by atoms with Crippen LogP contribution in [-0.4, -0.2) is 32.3 Å². The number of nitrogens with one attached hydrogen (secondary N) is 2. The van der Waals surface area contributed by atoms with Crippen LogP contribution in [0.2, 0.25) is 0 Å². The number of nitrogens with zero attached hydrogens (tertiary/aromatic N) is 3. The Morgan fingerprint density at radius 3 is 2.56 bits per heavy atom. The van der Waals surface area contributed by atoms with Gasteiger partial charge in [-0.05, 0) is 52.2 Å². The van der Waals surface area contributed by atoms with Crippen LogP contribution in [0.3, 0.4) is 0 Å². The second-order valence-electron chi connectivity index (χ2n) is 7.76. The molecule has 0 aliphatic carbocycles. The lowest BCUT2D eigenvalue weighted by atomic mass is 10.0. The smallest absolute Gasteiger partial charge is 0.251 e. The van der Waals surface area contributed by atoms with Crippen molar-refractivity contribution in [3.05, 3.63) is 81.5 Å². The summed E-state index contributed by atoms with van der Waals surface area (Å²) < 4.78 is 3.54. The van der Waals surface area contributed by atoms with Gasteiger partial charge in [-0.15, -0.1) is 16.8 Å². The van der Waals surface area contributed by atoms with Crippen molar-refractivity contribution in [2.75, 3.05) is 11.1 Å². The summed E-state index contributed by atoms with van der Waals surface area (Å²) in [5.74, 6) is 0.487. The maximum absolute atomic E-state index is 12.8. The Morgan fingerprint density at radius 1 is 1.15 bits per heavy atom. The second kappa shape index (κ2) is 12.3. The molecule has 1 heterocycles. The molecular formula is C24H25Br2N5O2S. The van der Waals surface area contributed by atoms with E-state index in [1.165, 1.54) is 11.8 Å². The summed E-state index contributed by atoms with van der Waals surface area (Å²) in [7, 11) is 0. The third-order valence-corrected chi connectivity index (χ3v) is 7.01. The fourth-order valence-electron chi connectivity index (χ4n) is 3.19. The lowest BCUT2D eigenvalue weighted by Crippen LogP contribution is -2.33. The highest BCUT2D eigenvalue weighted by atomic mass is 79.9. The summed E-state index contributed by atoms with van der Waals surface area (Å²) in [5.41, 5.74) is 1.25. The number of carbonyl (C=O) groups is 2. The van der Waals surface area contributed by atoms with E-state index in [2.05, 4.69) is 59.3 Å². The summed E-state index contributed by atoms with van der Waals surface area (Å²) >= 11 is 8.13. The maximum atomic E-state index is 12.8. The highest BCUT2D eigenvalue weighted by Gasteiger charge is 2.26. The molecule has 0 fully saturated rings. The van der Waals surface area contributed by atoms with Gasteiger partial charge in [-0.25, -0.2) is 0 Å². The van der Waals surface area contributed by atoms with Crippen LogP contribution in [0.5, 0.6) is 0 Å². The number of carbonyl (C=O) groups excluding carboxylic acids is 2. The van der Waals surface area contributed by atoms with Gasteiger partial charge in [-0.1, -0.05) is 65.8 Å². The molecule has 0 aliphatic rings. The normalized spacial score (nSPS) is 11.8. The molecule has 10 heteroatoms. The molecule has 7 nitrogen and oxygen atoms in total. The van der Waals surface area contributed by atoms with Gasteiger partial charge in [0.15, 0.2) is 11.0 Å². The monoisotopic (exact) mass is 605 g/mol. The minimum atomic E-state index is -0.360. The predicted octanol–water partition coefficient (Wildman–Crippen LogP) is 5.85. The Hall–Kier alpha value is -2.43. The van der Waals surface area contributed by atoms with Crippen LogP contribution in [0.15, 0.2) is 75.3 Å². The molecule has 3 aromatic rings. The van der Waals surface area contributed by atoms with E-state index in [-0.39, 0.29) is 29.5 Å². The van der Waals surface area contributed by atoms with Gasteiger partial charge >= 0.3 is 0 Å². The van der Waals surface area contributed by atoms with Crippen LogP contribution < -0.4 is 10.6 Å². The van der Waals surface area contributed by atoms with E-state index in [1.807, 2.05) is 54.8 Å². The lowest BCUT2D eigenvalue weighted by Gasteiger charge is -2.22. The number of anilines is 1. The zero-order chi connectivity index (χ0) is 24.7. The number of aromatic nitrogens is 3. The van der Waals surface area contributed by atoms with Crippen LogP contribution in [-0.2, 0) is 11.3 Å². The van der Waals surface area contributed by atoms with Crippen LogP contribution in [0.4, 0.5) is 5.69 Å². The van der Waals surface area contributed by atoms with Crippen molar-refractivity contribution in [1.29, 1.82) is 0 Å². The van der Waals surface area contributed by atoms with Gasteiger partial charge in [0, 0.05) is 21.1 Å². The molecule has 34 heavy (non-hydrogen) atoms. The Labute approximate surface area is 220 Å². The van der Waals surface area contributed by atoms with E-state index in [4.69, 9.17) is 0 Å². The Kier molecular flexibility index (Phi) is 9.49. The van der Waals surface area contributed by atoms with Gasteiger partial charge in [0.25, 0.3) is 5.91 Å². The largest absolute Gasteiger partial charge is 0.342 e. The number of rotatable bonds is 10. The molecule has 178 valence electrons. The van der Waals surface area contributed by atoms with E-state index in [0.717, 1.165) is 8.95 Å². The fourth-order valence-corrected chi connectivity index (χ4v) is 4.65. The number of thioether (sulfide) groups is 1. The van der Waals surface area contributed by atoms with E-state index in [0.29, 0.717) is 28.8 Å². The highest BCUT2D eigenvalue weighted by Crippen LogP contribution is 2.28. The number of hydrogen-bond acceptors (Lipinski definition) is 5. The number of hydrogen-bond donors (Lipinski definition) is 2. The quantitative estimate of drug-likeness (QED) is 0.223. The first-order valence-electron chi connectivity index (χ1n) is 10.6. The van der Waals surface area contributed by atoms with Crippen molar-refractivity contribution >= 4 is 61.1 Å². The molecule has 1 aromatic heterocycles. The number of halogens is 2. The summed E-state index contributed by atoms with van der Waals surface area (Å²) in [6.45, 7) is 8.32. The minimum absolute atomic E-state index is 0.0652. The van der Waals surface area contributed by atoms with Crippen LogP contribution in [0, 0.1) is 5.92 Å². The molecule has 2 aromatic carbocycles. The van der Waals surface area contributed by atoms with Gasteiger partial charge in [0.1, 0.15) is 0 Å². The van der Waals surface area contributed by atoms with Crippen molar-refractivity contribution in [3.8, 4) is 0 Å². The van der Waals surface area contributed by atoms with Gasteiger partial charge in [0.2, 0.25) is 5.91 Å². The molecule has 0 unspecified atom stereocenters. The first-order chi connectivity index (χ1) is 16.3. The standard InChI is InChI=1S/C24H25Br2N5O2S/c1-4-12-31-22(21(15(2)3)28-23(33)16-8-6-5-7-9-16)29-30-24(31)34-14-20(32)27-19-13-17(25)10-11-18(19)26/h4-11,13,15,21H,1,12,14H2,2-3H3,(H,27,32)(H,28,33)/t21-/m0/s1. The van der Waals surface area contributed by atoms with Gasteiger partial charge in [-0.3, -0.25) is 9.59 Å². The Morgan fingerprint density at radius 2 is 1.88 bits per heavy atom. The Balaban J connectivity index is 1.75. The average Bonchev–Trinajstić information content (AvgIpc) is 3.21. The molecule has 0 spiro atoms. The van der Waals surface area contributed by atoms with Crippen molar-refractivity contribution in [2.45, 2.75) is 31.6 Å². The van der Waals surface area contributed by atoms with Crippen molar-refractivity contribution in [2.24, 2.45) is 5.92 Å². The van der Waals surface area contributed by atoms with Crippen molar-refractivity contribution in [1.82, 2.24) is 20.1 Å². The molecule has 0 bridgehead atoms. The molecule has 0 saturated heterocycles. The van der Waals surface area contributed by atoms with Gasteiger partial charge in [0.05, 0.1) is 17.5 Å². The van der Waals surface area contributed by atoms with Crippen molar-refractivity contribution < 1.29 is 9.59 Å². The number of allylic oxidation sites excluding steroid dienone is 1. The number of amides is 2. The van der Waals surface area contributed by atoms with Crippen LogP contribution in [0.25, 0.3) is 0 Å². The molecule has 0 radical (unpaired) electrons. The predicted molar refractivity (Wildman–Crippen MR) is 143 cm³/mol.